The molecule has 25 heavy (non-hydrogen) atoms. The van der Waals surface area contributed by atoms with Gasteiger partial charge in [0, 0.05) is 25.5 Å². The lowest BCUT2D eigenvalue weighted by atomic mass is 10.0. The molecule has 0 heterocycles. The highest BCUT2D eigenvalue weighted by molar-refractivity contribution is 5.89. The zero-order valence-electron chi connectivity index (χ0n) is 15.5. The summed E-state index contributed by atoms with van der Waals surface area (Å²) < 4.78 is 5.89. The van der Waals surface area contributed by atoms with Crippen molar-refractivity contribution in [3.63, 3.8) is 0 Å². The summed E-state index contributed by atoms with van der Waals surface area (Å²) in [5.41, 5.74) is 2.93. The summed E-state index contributed by atoms with van der Waals surface area (Å²) in [7, 11) is 3.95. The Morgan fingerprint density at radius 2 is 1.64 bits per heavy atom. The number of nitrogens with one attached hydrogen (secondary N) is 2. The van der Waals surface area contributed by atoms with Gasteiger partial charge in [-0.15, -0.1) is 0 Å². The van der Waals surface area contributed by atoms with E-state index in [0.29, 0.717) is 5.92 Å². The highest BCUT2D eigenvalue weighted by Gasteiger charge is 2.12. The Hall–Kier alpha value is -2.69. The fraction of sp³-hybridized carbons (Fsp3) is 0.350. The molecule has 2 aromatic rings. The van der Waals surface area contributed by atoms with E-state index >= 15 is 0 Å². The third-order valence-electron chi connectivity index (χ3n) is 3.82. The Kier molecular flexibility index (Phi) is 6.28. The van der Waals surface area contributed by atoms with E-state index in [1.807, 2.05) is 74.4 Å². The summed E-state index contributed by atoms with van der Waals surface area (Å²) in [5.74, 6) is 1.15. The van der Waals surface area contributed by atoms with Gasteiger partial charge in [0.15, 0.2) is 6.23 Å². The molecule has 0 aliphatic heterocycles. The molecule has 1 atom stereocenters. The van der Waals surface area contributed by atoms with Crippen molar-refractivity contribution in [2.45, 2.75) is 32.9 Å². The third-order valence-corrected chi connectivity index (χ3v) is 3.82. The Morgan fingerprint density at radius 1 is 1.00 bits per heavy atom. The van der Waals surface area contributed by atoms with Crippen LogP contribution in [0, 0.1) is 0 Å². The van der Waals surface area contributed by atoms with Crippen LogP contribution in [0.15, 0.2) is 48.5 Å². The smallest absolute Gasteiger partial charge is 0.322 e. The molecule has 2 rings (SSSR count). The third kappa shape index (κ3) is 5.41. The van der Waals surface area contributed by atoms with Gasteiger partial charge in [-0.1, -0.05) is 32.0 Å². The average Bonchev–Trinajstić information content (AvgIpc) is 2.55. The summed E-state index contributed by atoms with van der Waals surface area (Å²) in [6.45, 7) is 6.04. The van der Waals surface area contributed by atoms with Crippen molar-refractivity contribution in [3.05, 3.63) is 54.1 Å². The van der Waals surface area contributed by atoms with Crippen molar-refractivity contribution in [3.8, 4) is 5.75 Å². The van der Waals surface area contributed by atoms with Crippen LogP contribution in [0.5, 0.6) is 5.75 Å². The zero-order chi connectivity index (χ0) is 18.4. The number of hydrogen-bond donors (Lipinski definition) is 2. The van der Waals surface area contributed by atoms with Crippen LogP contribution in [0.2, 0.25) is 0 Å². The lowest BCUT2D eigenvalue weighted by molar-refractivity contribution is 0.181. The van der Waals surface area contributed by atoms with Crippen molar-refractivity contribution >= 4 is 17.4 Å². The minimum Gasteiger partial charge on any atom is -0.471 e. The molecule has 0 saturated heterocycles. The van der Waals surface area contributed by atoms with E-state index < -0.39 is 6.23 Å². The topological polar surface area (TPSA) is 53.6 Å². The highest BCUT2D eigenvalue weighted by Crippen LogP contribution is 2.26. The quantitative estimate of drug-likeness (QED) is 0.765. The number of urea groups is 1. The van der Waals surface area contributed by atoms with Gasteiger partial charge < -0.3 is 20.3 Å². The first-order chi connectivity index (χ1) is 11.9. The van der Waals surface area contributed by atoms with Gasteiger partial charge >= 0.3 is 6.03 Å². The second kappa shape index (κ2) is 8.42. The SMILES string of the molecule is CC(NC(=O)Nc1ccc(N(C)C)cc1)Oc1ccccc1C(C)C. The van der Waals surface area contributed by atoms with Gasteiger partial charge in [-0.25, -0.2) is 4.79 Å². The molecule has 0 aromatic heterocycles. The van der Waals surface area contributed by atoms with Crippen molar-refractivity contribution in [2.24, 2.45) is 0 Å². The molecule has 0 aliphatic rings. The van der Waals surface area contributed by atoms with E-state index in [-0.39, 0.29) is 6.03 Å². The predicted octanol–water partition coefficient (Wildman–Crippen LogP) is 4.42. The molecule has 0 spiro atoms. The second-order valence-electron chi connectivity index (χ2n) is 6.49. The van der Waals surface area contributed by atoms with Gasteiger partial charge in [0.1, 0.15) is 5.75 Å². The lowest BCUT2D eigenvalue weighted by Gasteiger charge is -2.20. The summed E-state index contributed by atoms with van der Waals surface area (Å²) in [6, 6.07) is 15.2. The molecule has 0 bridgehead atoms. The number of benzene rings is 2. The number of carbonyl (C=O) groups is 1. The molecular formula is C20H27N3O2. The molecule has 5 nitrogen and oxygen atoms in total. The van der Waals surface area contributed by atoms with E-state index in [0.717, 1.165) is 22.7 Å². The van der Waals surface area contributed by atoms with Crippen molar-refractivity contribution in [1.29, 1.82) is 0 Å². The van der Waals surface area contributed by atoms with Crippen LogP contribution in [0.4, 0.5) is 16.2 Å². The summed E-state index contributed by atoms with van der Waals surface area (Å²) in [4.78, 5) is 14.1. The van der Waals surface area contributed by atoms with Gasteiger partial charge in [-0.2, -0.15) is 0 Å². The lowest BCUT2D eigenvalue weighted by Crippen LogP contribution is -2.39. The van der Waals surface area contributed by atoms with E-state index in [2.05, 4.69) is 24.5 Å². The maximum absolute atomic E-state index is 12.1. The molecule has 2 amide bonds. The van der Waals surface area contributed by atoms with Crippen LogP contribution in [0.25, 0.3) is 0 Å². The van der Waals surface area contributed by atoms with Crippen LogP contribution < -0.4 is 20.3 Å². The van der Waals surface area contributed by atoms with E-state index in [1.54, 1.807) is 0 Å². The maximum atomic E-state index is 12.1. The van der Waals surface area contributed by atoms with Crippen LogP contribution in [0.1, 0.15) is 32.3 Å². The molecule has 0 saturated carbocycles. The fourth-order valence-electron chi connectivity index (χ4n) is 2.48. The number of amides is 2. The molecule has 0 fully saturated rings. The Balaban J connectivity index is 1.92. The number of hydrogen-bond acceptors (Lipinski definition) is 3. The first kappa shape index (κ1) is 18.6. The Morgan fingerprint density at radius 3 is 2.24 bits per heavy atom. The minimum absolute atomic E-state index is 0.299. The molecule has 0 aliphatic carbocycles. The van der Waals surface area contributed by atoms with E-state index in [1.165, 1.54) is 0 Å². The second-order valence-corrected chi connectivity index (χ2v) is 6.49. The highest BCUT2D eigenvalue weighted by atomic mass is 16.5. The average molecular weight is 341 g/mol. The largest absolute Gasteiger partial charge is 0.471 e. The molecule has 0 radical (unpaired) electrons. The monoisotopic (exact) mass is 341 g/mol. The first-order valence-corrected chi connectivity index (χ1v) is 8.47. The Bertz CT molecular complexity index is 696. The normalized spacial score (nSPS) is 11.8. The summed E-state index contributed by atoms with van der Waals surface area (Å²) in [5, 5.41) is 5.61. The van der Waals surface area contributed by atoms with Crippen molar-refractivity contribution in [1.82, 2.24) is 5.32 Å². The molecule has 5 heteroatoms. The minimum atomic E-state index is -0.444. The Labute approximate surface area is 150 Å². The van der Waals surface area contributed by atoms with Gasteiger partial charge in [-0.3, -0.25) is 0 Å². The molecular weight excluding hydrogens is 314 g/mol. The van der Waals surface area contributed by atoms with Crippen LogP contribution in [0.3, 0.4) is 0 Å². The fourth-order valence-corrected chi connectivity index (χ4v) is 2.48. The number of para-hydroxylation sites is 1. The van der Waals surface area contributed by atoms with Gasteiger partial charge in [-0.05, 0) is 48.7 Å². The number of rotatable bonds is 6. The van der Waals surface area contributed by atoms with E-state index in [9.17, 15) is 4.79 Å². The van der Waals surface area contributed by atoms with Crippen molar-refractivity contribution < 1.29 is 9.53 Å². The summed E-state index contributed by atoms with van der Waals surface area (Å²) >= 11 is 0. The number of nitrogens with zero attached hydrogens (tertiary/aromatic N) is 1. The van der Waals surface area contributed by atoms with Crippen LogP contribution in [-0.4, -0.2) is 26.4 Å². The maximum Gasteiger partial charge on any atom is 0.322 e. The van der Waals surface area contributed by atoms with Gasteiger partial charge in [0.05, 0.1) is 0 Å². The van der Waals surface area contributed by atoms with Crippen LogP contribution >= 0.6 is 0 Å². The number of ether oxygens (including phenoxy) is 1. The van der Waals surface area contributed by atoms with E-state index in [4.69, 9.17) is 4.74 Å². The predicted molar refractivity (Wildman–Crippen MR) is 104 cm³/mol. The van der Waals surface area contributed by atoms with Crippen molar-refractivity contribution in [2.75, 3.05) is 24.3 Å². The van der Waals surface area contributed by atoms with Crippen LogP contribution in [-0.2, 0) is 0 Å². The molecule has 2 N–H and O–H groups in total. The molecule has 2 aromatic carbocycles. The first-order valence-electron chi connectivity index (χ1n) is 8.47. The standard InChI is InChI=1S/C20H27N3O2/c1-14(2)18-8-6-7-9-19(18)25-15(3)21-20(24)22-16-10-12-17(13-11-16)23(4)5/h6-15H,1-5H3,(H2,21,22,24). The number of anilines is 2. The summed E-state index contributed by atoms with van der Waals surface area (Å²) in [6.07, 6.45) is -0.444. The zero-order valence-corrected chi connectivity index (χ0v) is 15.5. The van der Waals surface area contributed by atoms with Gasteiger partial charge in [0.25, 0.3) is 0 Å². The van der Waals surface area contributed by atoms with Gasteiger partial charge in [0.2, 0.25) is 0 Å². The molecule has 134 valence electrons. The number of carbonyl (C=O) groups excluding carboxylic acids is 1. The molecule has 1 unspecified atom stereocenters.